The minimum absolute atomic E-state index is 0.0554. The molecule has 1 aliphatic carbocycles. The summed E-state index contributed by atoms with van der Waals surface area (Å²) in [6.07, 6.45) is 3.22. The summed E-state index contributed by atoms with van der Waals surface area (Å²) >= 11 is 6.80. The molecule has 1 heterocycles. The Morgan fingerprint density at radius 1 is 1.14 bits per heavy atom. The van der Waals surface area contributed by atoms with Gasteiger partial charge in [-0.1, -0.05) is 43.3 Å². The molecular weight excluding hydrogens is 371 g/mol. The molecule has 0 spiro atoms. The van der Waals surface area contributed by atoms with Crippen molar-refractivity contribution in [1.82, 2.24) is 10.2 Å². The molecule has 0 saturated carbocycles. The fourth-order valence-electron chi connectivity index (χ4n) is 5.73. The second kappa shape index (κ2) is 7.44. The lowest BCUT2D eigenvalue weighted by Crippen LogP contribution is -2.74. The van der Waals surface area contributed by atoms with Crippen LogP contribution in [0.5, 0.6) is 0 Å². The molecule has 1 fully saturated rings. The van der Waals surface area contributed by atoms with Crippen LogP contribution in [0.25, 0.3) is 0 Å². The molecule has 3 atom stereocenters. The molecule has 1 aliphatic heterocycles. The summed E-state index contributed by atoms with van der Waals surface area (Å²) in [5.41, 5.74) is 3.35. The number of benzene rings is 2. The third-order valence-electron chi connectivity index (χ3n) is 6.99. The number of nitrogens with one attached hydrogen (secondary N) is 1. The van der Waals surface area contributed by atoms with Gasteiger partial charge in [0.15, 0.2) is 0 Å². The van der Waals surface area contributed by atoms with Gasteiger partial charge in [0, 0.05) is 18.0 Å². The first kappa shape index (κ1) is 19.9. The second-order valence-corrected chi connectivity index (χ2v) is 9.18. The van der Waals surface area contributed by atoms with Crippen molar-refractivity contribution in [1.29, 1.82) is 0 Å². The monoisotopic (exact) mass is 400 g/mol. The molecule has 0 aromatic heterocycles. The van der Waals surface area contributed by atoms with Crippen LogP contribution in [0.15, 0.2) is 48.5 Å². The Morgan fingerprint density at radius 2 is 1.86 bits per heavy atom. The minimum atomic E-state index is -0.339. The average molecular weight is 401 g/mol. The van der Waals surface area contributed by atoms with E-state index in [2.05, 4.69) is 55.3 Å². The van der Waals surface area contributed by atoms with Gasteiger partial charge < -0.3 is 5.32 Å². The van der Waals surface area contributed by atoms with Gasteiger partial charge in [-0.2, -0.15) is 0 Å². The molecule has 4 rings (SSSR count). The lowest BCUT2D eigenvalue weighted by molar-refractivity contribution is -0.0429. The average Bonchev–Trinajstić information content (AvgIpc) is 3.11. The summed E-state index contributed by atoms with van der Waals surface area (Å²) in [5.74, 6) is 0.118. The standard InChI is InChI=1S/C24H30ClFN2/c1-4-15-28-22(25)16-27-24(23(28,2)3,18-10-12-19(26)13-11-18)21-14-9-17-7-5-6-8-20(17)21/h5-8,10-13,21-22,27H,4,9,14-16H2,1-3H3. The van der Waals surface area contributed by atoms with Crippen LogP contribution >= 0.6 is 11.6 Å². The van der Waals surface area contributed by atoms with Crippen molar-refractivity contribution in [3.8, 4) is 0 Å². The predicted molar refractivity (Wildman–Crippen MR) is 114 cm³/mol. The Bertz CT molecular complexity index is 835. The number of aryl methyl sites for hydroxylation is 1. The molecule has 28 heavy (non-hydrogen) atoms. The van der Waals surface area contributed by atoms with Gasteiger partial charge in [-0.25, -0.2) is 4.39 Å². The Balaban J connectivity index is 1.91. The molecule has 0 radical (unpaired) electrons. The van der Waals surface area contributed by atoms with Gasteiger partial charge in [0.05, 0.1) is 11.0 Å². The summed E-state index contributed by atoms with van der Waals surface area (Å²) in [6.45, 7) is 8.45. The highest BCUT2D eigenvalue weighted by atomic mass is 35.5. The van der Waals surface area contributed by atoms with E-state index in [-0.39, 0.29) is 22.4 Å². The first-order valence-corrected chi connectivity index (χ1v) is 10.8. The molecule has 3 unspecified atom stereocenters. The molecule has 2 aromatic carbocycles. The van der Waals surface area contributed by atoms with Crippen LogP contribution in [-0.2, 0) is 12.0 Å². The Hall–Kier alpha value is -1.42. The predicted octanol–water partition coefficient (Wildman–Crippen LogP) is 5.41. The maximum atomic E-state index is 13.8. The van der Waals surface area contributed by atoms with Crippen molar-refractivity contribution in [3.05, 3.63) is 71.0 Å². The fraction of sp³-hybridized carbons (Fsp3) is 0.500. The van der Waals surface area contributed by atoms with Crippen LogP contribution in [0.2, 0.25) is 0 Å². The largest absolute Gasteiger partial charge is 0.303 e. The first-order chi connectivity index (χ1) is 13.4. The zero-order valence-corrected chi connectivity index (χ0v) is 17.8. The number of piperazine rings is 1. The normalized spacial score (nSPS) is 29.6. The van der Waals surface area contributed by atoms with Crippen molar-refractivity contribution in [2.45, 2.75) is 62.5 Å². The molecular formula is C24H30ClFN2. The highest BCUT2D eigenvalue weighted by molar-refractivity contribution is 6.20. The van der Waals surface area contributed by atoms with Crippen LogP contribution in [0.3, 0.4) is 0 Å². The van der Waals surface area contributed by atoms with Crippen LogP contribution < -0.4 is 5.32 Å². The lowest BCUT2D eigenvalue weighted by Gasteiger charge is -2.61. The van der Waals surface area contributed by atoms with E-state index in [4.69, 9.17) is 11.6 Å². The first-order valence-electron chi connectivity index (χ1n) is 10.4. The van der Waals surface area contributed by atoms with Crippen LogP contribution in [0.1, 0.15) is 56.2 Å². The van der Waals surface area contributed by atoms with Crippen molar-refractivity contribution in [2.75, 3.05) is 13.1 Å². The topological polar surface area (TPSA) is 15.3 Å². The maximum Gasteiger partial charge on any atom is 0.123 e. The van der Waals surface area contributed by atoms with Gasteiger partial charge in [-0.05, 0) is 68.5 Å². The number of rotatable bonds is 4. The summed E-state index contributed by atoms with van der Waals surface area (Å²) in [7, 11) is 0. The molecule has 4 heteroatoms. The van der Waals surface area contributed by atoms with Gasteiger partial charge in [-0.3, -0.25) is 4.90 Å². The number of halogens is 2. The third kappa shape index (κ3) is 2.91. The zero-order valence-electron chi connectivity index (χ0n) is 17.0. The summed E-state index contributed by atoms with van der Waals surface area (Å²) in [6, 6.07) is 15.9. The SMILES string of the molecule is CCCN1C(Cl)CNC(c2ccc(F)cc2)(C2CCc3ccccc32)C1(C)C. The van der Waals surface area contributed by atoms with E-state index in [0.29, 0.717) is 12.5 Å². The van der Waals surface area contributed by atoms with E-state index < -0.39 is 0 Å². The zero-order chi connectivity index (χ0) is 19.9. The van der Waals surface area contributed by atoms with Crippen molar-refractivity contribution in [2.24, 2.45) is 0 Å². The Kier molecular flexibility index (Phi) is 5.28. The van der Waals surface area contributed by atoms with E-state index in [9.17, 15) is 4.39 Å². The second-order valence-electron chi connectivity index (χ2n) is 8.67. The quantitative estimate of drug-likeness (QED) is 0.545. The minimum Gasteiger partial charge on any atom is -0.303 e. The Labute approximate surface area is 173 Å². The number of alkyl halides is 1. The molecule has 2 aromatic rings. The summed E-state index contributed by atoms with van der Waals surface area (Å²) in [4.78, 5) is 2.44. The molecule has 0 bridgehead atoms. The number of fused-ring (bicyclic) bond motifs is 1. The van der Waals surface area contributed by atoms with E-state index in [0.717, 1.165) is 31.4 Å². The van der Waals surface area contributed by atoms with E-state index in [1.165, 1.54) is 11.1 Å². The number of nitrogens with zero attached hydrogens (tertiary/aromatic N) is 1. The van der Waals surface area contributed by atoms with E-state index in [1.807, 2.05) is 12.1 Å². The highest BCUT2D eigenvalue weighted by Crippen LogP contribution is 2.54. The van der Waals surface area contributed by atoms with Gasteiger partial charge in [0.25, 0.3) is 0 Å². The maximum absolute atomic E-state index is 13.8. The fourth-order valence-corrected chi connectivity index (χ4v) is 6.15. The highest BCUT2D eigenvalue weighted by Gasteiger charge is 2.59. The van der Waals surface area contributed by atoms with E-state index >= 15 is 0 Å². The van der Waals surface area contributed by atoms with Crippen LogP contribution in [-0.4, -0.2) is 29.0 Å². The van der Waals surface area contributed by atoms with Gasteiger partial charge >= 0.3 is 0 Å². The third-order valence-corrected chi connectivity index (χ3v) is 7.38. The summed E-state index contributed by atoms with van der Waals surface area (Å²) in [5, 5.41) is 3.88. The molecule has 1 N–H and O–H groups in total. The molecule has 1 saturated heterocycles. The molecule has 2 nitrogen and oxygen atoms in total. The van der Waals surface area contributed by atoms with Gasteiger partial charge in [-0.15, -0.1) is 11.6 Å². The number of hydrogen-bond donors (Lipinski definition) is 1. The van der Waals surface area contributed by atoms with Gasteiger partial charge in [0.1, 0.15) is 5.82 Å². The lowest BCUT2D eigenvalue weighted by atomic mass is 9.62. The van der Waals surface area contributed by atoms with Crippen molar-refractivity contribution < 1.29 is 4.39 Å². The van der Waals surface area contributed by atoms with Crippen molar-refractivity contribution >= 4 is 11.6 Å². The molecule has 2 aliphatic rings. The van der Waals surface area contributed by atoms with Crippen LogP contribution in [0.4, 0.5) is 4.39 Å². The molecule has 0 amide bonds. The van der Waals surface area contributed by atoms with Crippen LogP contribution in [0, 0.1) is 5.82 Å². The van der Waals surface area contributed by atoms with Crippen molar-refractivity contribution in [3.63, 3.8) is 0 Å². The number of hydrogen-bond acceptors (Lipinski definition) is 2. The smallest absolute Gasteiger partial charge is 0.123 e. The van der Waals surface area contributed by atoms with E-state index in [1.54, 1.807) is 12.1 Å². The molecule has 150 valence electrons. The Morgan fingerprint density at radius 3 is 2.57 bits per heavy atom. The van der Waals surface area contributed by atoms with Gasteiger partial charge in [0.2, 0.25) is 0 Å². The summed E-state index contributed by atoms with van der Waals surface area (Å²) < 4.78 is 13.8.